The molecular weight excluding hydrogens is 258 g/mol. The van der Waals surface area contributed by atoms with E-state index in [0.717, 1.165) is 25.0 Å². The smallest absolute Gasteiger partial charge is 0.111 e. The molecule has 0 fully saturated rings. The molecule has 1 heterocycles. The fourth-order valence-corrected chi connectivity index (χ4v) is 3.22. The van der Waals surface area contributed by atoms with Crippen LogP contribution in [0.5, 0.6) is 0 Å². The summed E-state index contributed by atoms with van der Waals surface area (Å²) in [6.45, 7) is 11.0. The number of benzene rings is 1. The van der Waals surface area contributed by atoms with Crippen molar-refractivity contribution in [3.8, 4) is 0 Å². The van der Waals surface area contributed by atoms with Gasteiger partial charge in [0.05, 0.1) is 11.0 Å². The predicted molar refractivity (Wildman–Crippen MR) is 90.6 cm³/mol. The highest BCUT2D eigenvalue weighted by Crippen LogP contribution is 2.20. The minimum absolute atomic E-state index is 0.511. The highest BCUT2D eigenvalue weighted by atomic mass is 15.1. The molecule has 0 aliphatic heterocycles. The normalized spacial score (nSPS) is 14.5. The van der Waals surface area contributed by atoms with Crippen molar-refractivity contribution in [1.82, 2.24) is 14.9 Å². The lowest BCUT2D eigenvalue weighted by Crippen LogP contribution is -2.37. The summed E-state index contributed by atoms with van der Waals surface area (Å²) in [5, 5.41) is 3.66. The lowest BCUT2D eigenvalue weighted by Gasteiger charge is -2.24. The maximum Gasteiger partial charge on any atom is 0.111 e. The molecule has 0 saturated heterocycles. The number of hydrogen-bond acceptors (Lipinski definition) is 2. The summed E-state index contributed by atoms with van der Waals surface area (Å²) in [7, 11) is 0. The van der Waals surface area contributed by atoms with Crippen molar-refractivity contribution in [2.24, 2.45) is 5.92 Å². The van der Waals surface area contributed by atoms with Crippen LogP contribution in [0.2, 0.25) is 0 Å². The minimum Gasteiger partial charge on any atom is -0.328 e. The van der Waals surface area contributed by atoms with Gasteiger partial charge in [-0.1, -0.05) is 39.3 Å². The summed E-state index contributed by atoms with van der Waals surface area (Å²) in [5.41, 5.74) is 2.38. The second-order valence-electron chi connectivity index (χ2n) is 5.90. The number of imidazole rings is 1. The van der Waals surface area contributed by atoms with Gasteiger partial charge >= 0.3 is 0 Å². The molecular formula is C18H29N3. The first-order valence-corrected chi connectivity index (χ1v) is 8.38. The van der Waals surface area contributed by atoms with Crippen molar-refractivity contribution in [3.63, 3.8) is 0 Å². The predicted octanol–water partition coefficient (Wildman–Crippen LogP) is 4.01. The Balaban J connectivity index is 2.27. The van der Waals surface area contributed by atoms with Crippen LogP contribution in [0.25, 0.3) is 11.0 Å². The minimum atomic E-state index is 0.511. The number of aryl methyl sites for hydroxylation is 1. The van der Waals surface area contributed by atoms with E-state index < -0.39 is 0 Å². The third-order valence-corrected chi connectivity index (χ3v) is 4.35. The van der Waals surface area contributed by atoms with E-state index in [-0.39, 0.29) is 0 Å². The van der Waals surface area contributed by atoms with Gasteiger partial charge in [-0.25, -0.2) is 4.98 Å². The maximum absolute atomic E-state index is 4.87. The number of rotatable bonds is 8. The Kier molecular flexibility index (Phi) is 5.80. The molecule has 3 nitrogen and oxygen atoms in total. The monoisotopic (exact) mass is 287 g/mol. The molecule has 2 rings (SSSR count). The molecule has 116 valence electrons. The number of para-hydroxylation sites is 2. The fourth-order valence-electron chi connectivity index (χ4n) is 3.22. The molecule has 0 radical (unpaired) electrons. The van der Waals surface area contributed by atoms with Crippen LogP contribution in [-0.2, 0) is 13.0 Å². The van der Waals surface area contributed by atoms with Crippen LogP contribution in [-0.4, -0.2) is 22.1 Å². The summed E-state index contributed by atoms with van der Waals surface area (Å²) in [4.78, 5) is 4.87. The zero-order chi connectivity index (χ0) is 15.2. The van der Waals surface area contributed by atoms with Crippen LogP contribution >= 0.6 is 0 Å². The Bertz CT molecular complexity index is 559. The van der Waals surface area contributed by atoms with Crippen LogP contribution in [0.1, 0.15) is 46.4 Å². The van der Waals surface area contributed by atoms with Gasteiger partial charge in [-0.3, -0.25) is 0 Å². The van der Waals surface area contributed by atoms with Gasteiger partial charge in [0.25, 0.3) is 0 Å². The van der Waals surface area contributed by atoms with Gasteiger partial charge in [-0.15, -0.1) is 0 Å². The lowest BCUT2D eigenvalue weighted by molar-refractivity contribution is 0.350. The topological polar surface area (TPSA) is 29.9 Å². The van der Waals surface area contributed by atoms with Gasteiger partial charge < -0.3 is 9.88 Å². The van der Waals surface area contributed by atoms with E-state index in [0.29, 0.717) is 12.0 Å². The first-order valence-electron chi connectivity index (χ1n) is 8.38. The molecule has 21 heavy (non-hydrogen) atoms. The van der Waals surface area contributed by atoms with Crippen LogP contribution in [0, 0.1) is 5.92 Å². The van der Waals surface area contributed by atoms with Gasteiger partial charge in [0, 0.05) is 19.0 Å². The van der Waals surface area contributed by atoms with Crippen LogP contribution in [0.3, 0.4) is 0 Å². The Morgan fingerprint density at radius 1 is 1.19 bits per heavy atom. The first-order chi connectivity index (χ1) is 10.2. The van der Waals surface area contributed by atoms with Crippen molar-refractivity contribution < 1.29 is 0 Å². The molecule has 3 heteroatoms. The van der Waals surface area contributed by atoms with E-state index in [2.05, 4.69) is 61.8 Å². The van der Waals surface area contributed by atoms with Gasteiger partial charge in [0.15, 0.2) is 0 Å². The molecule has 1 N–H and O–H groups in total. The molecule has 2 atom stereocenters. The number of nitrogens with zero attached hydrogens (tertiary/aromatic N) is 2. The largest absolute Gasteiger partial charge is 0.328 e. The van der Waals surface area contributed by atoms with Crippen molar-refractivity contribution in [1.29, 1.82) is 0 Å². The average molecular weight is 287 g/mol. The van der Waals surface area contributed by atoms with E-state index in [1.165, 1.54) is 24.2 Å². The summed E-state index contributed by atoms with van der Waals surface area (Å²) in [5.74, 6) is 1.90. The SMILES string of the molecule is CCCC(C)C(Cc1nc2ccccc2n1CC)NCC. The standard InChI is InChI=1S/C18H29N3/c1-5-10-14(4)16(19-6-2)13-18-20-15-11-8-9-12-17(15)21(18)7-3/h8-9,11-12,14,16,19H,5-7,10,13H2,1-4H3. The lowest BCUT2D eigenvalue weighted by atomic mass is 9.94. The van der Waals surface area contributed by atoms with E-state index in [4.69, 9.17) is 4.98 Å². The second kappa shape index (κ2) is 7.60. The Labute approximate surface area is 128 Å². The van der Waals surface area contributed by atoms with Crippen molar-refractivity contribution in [3.05, 3.63) is 30.1 Å². The molecule has 0 aliphatic rings. The van der Waals surface area contributed by atoms with Gasteiger partial charge in [-0.05, 0) is 37.9 Å². The number of likely N-dealkylation sites (N-methyl/N-ethyl adjacent to an activating group) is 1. The van der Waals surface area contributed by atoms with Gasteiger partial charge in [0.2, 0.25) is 0 Å². The summed E-state index contributed by atoms with van der Waals surface area (Å²) >= 11 is 0. The van der Waals surface area contributed by atoms with Crippen molar-refractivity contribution >= 4 is 11.0 Å². The fraction of sp³-hybridized carbons (Fsp3) is 0.611. The molecule has 0 amide bonds. The number of aromatic nitrogens is 2. The Morgan fingerprint density at radius 3 is 2.62 bits per heavy atom. The summed E-state index contributed by atoms with van der Waals surface area (Å²) < 4.78 is 2.36. The quantitative estimate of drug-likeness (QED) is 0.795. The molecule has 0 aliphatic carbocycles. The molecule has 2 aromatic rings. The highest BCUT2D eigenvalue weighted by molar-refractivity contribution is 5.75. The van der Waals surface area contributed by atoms with E-state index >= 15 is 0 Å². The summed E-state index contributed by atoms with van der Waals surface area (Å²) in [6, 6.07) is 8.97. The van der Waals surface area contributed by atoms with Gasteiger partial charge in [0.1, 0.15) is 5.82 Å². The second-order valence-corrected chi connectivity index (χ2v) is 5.90. The van der Waals surface area contributed by atoms with Crippen LogP contribution in [0.4, 0.5) is 0 Å². The average Bonchev–Trinajstić information content (AvgIpc) is 2.84. The number of fused-ring (bicyclic) bond motifs is 1. The third kappa shape index (κ3) is 3.65. The zero-order valence-electron chi connectivity index (χ0n) is 13.9. The third-order valence-electron chi connectivity index (χ3n) is 4.35. The van der Waals surface area contributed by atoms with Crippen LogP contribution in [0.15, 0.2) is 24.3 Å². The van der Waals surface area contributed by atoms with Crippen molar-refractivity contribution in [2.75, 3.05) is 6.54 Å². The van der Waals surface area contributed by atoms with E-state index in [1.54, 1.807) is 0 Å². The summed E-state index contributed by atoms with van der Waals surface area (Å²) in [6.07, 6.45) is 3.52. The Hall–Kier alpha value is -1.35. The molecule has 1 aromatic carbocycles. The molecule has 2 unspecified atom stereocenters. The van der Waals surface area contributed by atoms with Crippen LogP contribution < -0.4 is 5.32 Å². The molecule has 1 aromatic heterocycles. The Morgan fingerprint density at radius 2 is 1.95 bits per heavy atom. The van der Waals surface area contributed by atoms with Gasteiger partial charge in [-0.2, -0.15) is 0 Å². The first kappa shape index (κ1) is 16.0. The molecule has 0 saturated carbocycles. The molecule has 0 bridgehead atoms. The van der Waals surface area contributed by atoms with Crippen molar-refractivity contribution in [2.45, 2.75) is 59.5 Å². The number of nitrogens with one attached hydrogen (secondary N) is 1. The van der Waals surface area contributed by atoms with E-state index in [9.17, 15) is 0 Å². The maximum atomic E-state index is 4.87. The number of hydrogen-bond donors (Lipinski definition) is 1. The molecule has 0 spiro atoms. The van der Waals surface area contributed by atoms with E-state index in [1.807, 2.05) is 0 Å². The zero-order valence-corrected chi connectivity index (χ0v) is 13.9. The highest BCUT2D eigenvalue weighted by Gasteiger charge is 2.19.